The summed E-state index contributed by atoms with van der Waals surface area (Å²) in [7, 11) is 0. The van der Waals surface area contributed by atoms with Crippen LogP contribution in [0.1, 0.15) is 33.3 Å². The Bertz CT molecular complexity index is 694. The van der Waals surface area contributed by atoms with Crippen LogP contribution in [0.2, 0.25) is 0 Å². The van der Waals surface area contributed by atoms with Crippen LogP contribution in [0.5, 0.6) is 0 Å². The molecule has 9 heteroatoms. The Morgan fingerprint density at radius 1 is 1.21 bits per heavy atom. The highest BCUT2D eigenvalue weighted by Gasteiger charge is 2.34. The minimum absolute atomic E-state index is 0.0335. The third-order valence-electron chi connectivity index (χ3n) is 3.97. The summed E-state index contributed by atoms with van der Waals surface area (Å²) in [4.78, 5) is 36.0. The molecule has 3 N–H and O–H groups in total. The van der Waals surface area contributed by atoms with Gasteiger partial charge in [-0.15, -0.1) is 0 Å². The number of carboxylic acid groups (broad SMARTS) is 1. The van der Waals surface area contributed by atoms with Crippen LogP contribution in [0.4, 0.5) is 4.39 Å². The molecule has 1 aromatic rings. The maximum Gasteiger partial charge on any atom is 0.328 e. The van der Waals surface area contributed by atoms with E-state index in [1.165, 1.54) is 38.1 Å². The standard InChI is InChI=1S/C19H27FN2O5S/c1-11(2)15(28)16(23)22-19(3,4)18(26)21-14(17(24)25)10-27-9-12-5-7-13(20)8-6-12/h5-8,11,14-15,28H,9-10H2,1-4H3,(H,21,26)(H,22,23)(H,24,25)/t14-,15+/m0/s1. The lowest BCUT2D eigenvalue weighted by Crippen LogP contribution is -2.59. The molecule has 0 saturated carbocycles. The highest BCUT2D eigenvalue weighted by molar-refractivity contribution is 7.81. The molecule has 0 aliphatic heterocycles. The van der Waals surface area contributed by atoms with Crippen LogP contribution in [0.15, 0.2) is 24.3 Å². The van der Waals surface area contributed by atoms with Gasteiger partial charge in [-0.05, 0) is 37.5 Å². The van der Waals surface area contributed by atoms with E-state index in [1.54, 1.807) is 0 Å². The lowest BCUT2D eigenvalue weighted by molar-refractivity contribution is -0.145. The Balaban J connectivity index is 2.63. The van der Waals surface area contributed by atoms with Crippen LogP contribution in [-0.4, -0.2) is 46.3 Å². The average Bonchev–Trinajstić information content (AvgIpc) is 2.60. The van der Waals surface area contributed by atoms with Crippen molar-refractivity contribution in [1.29, 1.82) is 0 Å². The van der Waals surface area contributed by atoms with Crippen LogP contribution in [0, 0.1) is 11.7 Å². The van der Waals surface area contributed by atoms with Crippen molar-refractivity contribution in [2.75, 3.05) is 6.61 Å². The van der Waals surface area contributed by atoms with E-state index >= 15 is 0 Å². The number of carbonyl (C=O) groups excluding carboxylic acids is 2. The number of hydrogen-bond donors (Lipinski definition) is 4. The van der Waals surface area contributed by atoms with Crippen molar-refractivity contribution in [3.8, 4) is 0 Å². The predicted octanol–water partition coefficient (Wildman–Crippen LogP) is 1.76. The summed E-state index contributed by atoms with van der Waals surface area (Å²) in [6, 6.07) is 4.27. The van der Waals surface area contributed by atoms with Gasteiger partial charge in [0.2, 0.25) is 11.8 Å². The first-order chi connectivity index (χ1) is 12.9. The normalized spacial score (nSPS) is 13.7. The van der Waals surface area contributed by atoms with Crippen molar-refractivity contribution in [2.45, 2.75) is 51.1 Å². The van der Waals surface area contributed by atoms with Gasteiger partial charge in [0, 0.05) is 0 Å². The molecule has 28 heavy (non-hydrogen) atoms. The summed E-state index contributed by atoms with van der Waals surface area (Å²) in [6.45, 7) is 6.37. The molecule has 0 saturated heterocycles. The molecule has 0 bridgehead atoms. The first kappa shape index (κ1) is 23.9. The van der Waals surface area contributed by atoms with Gasteiger partial charge < -0.3 is 20.5 Å². The van der Waals surface area contributed by atoms with Gasteiger partial charge in [-0.2, -0.15) is 12.6 Å². The number of carboxylic acids is 1. The zero-order valence-corrected chi connectivity index (χ0v) is 17.3. The van der Waals surface area contributed by atoms with E-state index in [4.69, 9.17) is 4.74 Å². The zero-order chi connectivity index (χ0) is 21.5. The van der Waals surface area contributed by atoms with E-state index in [0.717, 1.165) is 0 Å². The summed E-state index contributed by atoms with van der Waals surface area (Å²) in [5, 5.41) is 13.7. The molecule has 0 aliphatic rings. The fourth-order valence-corrected chi connectivity index (χ4v) is 2.19. The number of thiol groups is 1. The van der Waals surface area contributed by atoms with Gasteiger partial charge in [-0.25, -0.2) is 9.18 Å². The highest BCUT2D eigenvalue weighted by atomic mass is 32.1. The molecule has 0 spiro atoms. The van der Waals surface area contributed by atoms with E-state index in [9.17, 15) is 23.9 Å². The molecule has 7 nitrogen and oxygen atoms in total. The smallest absolute Gasteiger partial charge is 0.328 e. The van der Waals surface area contributed by atoms with Gasteiger partial charge in [0.25, 0.3) is 0 Å². The number of rotatable bonds is 10. The molecule has 2 amide bonds. The van der Waals surface area contributed by atoms with Crippen LogP contribution in [0.3, 0.4) is 0 Å². The van der Waals surface area contributed by atoms with E-state index in [0.29, 0.717) is 5.56 Å². The summed E-state index contributed by atoms with van der Waals surface area (Å²) < 4.78 is 18.2. The van der Waals surface area contributed by atoms with Crippen LogP contribution in [-0.2, 0) is 25.7 Å². The highest BCUT2D eigenvalue weighted by Crippen LogP contribution is 2.12. The van der Waals surface area contributed by atoms with Gasteiger partial charge in [0.1, 0.15) is 11.4 Å². The number of nitrogens with one attached hydrogen (secondary N) is 2. The molecule has 1 aromatic carbocycles. The molecule has 2 atom stereocenters. The number of halogens is 1. The third-order valence-corrected chi connectivity index (χ3v) is 4.80. The second-order valence-corrected chi connectivity index (χ2v) is 7.87. The van der Waals surface area contributed by atoms with E-state index in [2.05, 4.69) is 23.3 Å². The van der Waals surface area contributed by atoms with Gasteiger partial charge in [-0.1, -0.05) is 26.0 Å². The third kappa shape index (κ3) is 7.47. The molecule has 0 aliphatic carbocycles. The molecule has 0 fully saturated rings. The monoisotopic (exact) mass is 414 g/mol. The Labute approximate surface area is 169 Å². The number of ether oxygens (including phenoxy) is 1. The van der Waals surface area contributed by atoms with Gasteiger partial charge in [0.05, 0.1) is 18.5 Å². The Kier molecular flexibility index (Phi) is 8.90. The Morgan fingerprint density at radius 3 is 2.29 bits per heavy atom. The van der Waals surface area contributed by atoms with Crippen molar-refractivity contribution >= 4 is 30.4 Å². The topological polar surface area (TPSA) is 105 Å². The lowest BCUT2D eigenvalue weighted by Gasteiger charge is -2.29. The maximum absolute atomic E-state index is 12.9. The second-order valence-electron chi connectivity index (χ2n) is 7.31. The quantitative estimate of drug-likeness (QED) is 0.437. The number of benzene rings is 1. The van der Waals surface area contributed by atoms with Crippen molar-refractivity contribution in [3.63, 3.8) is 0 Å². The number of hydrogen-bond acceptors (Lipinski definition) is 5. The first-order valence-electron chi connectivity index (χ1n) is 8.80. The second kappa shape index (κ2) is 10.4. The fourth-order valence-electron chi connectivity index (χ4n) is 2.13. The molecular formula is C19H27FN2O5S. The van der Waals surface area contributed by atoms with Gasteiger partial charge in [-0.3, -0.25) is 9.59 Å². The molecule has 156 valence electrons. The lowest BCUT2D eigenvalue weighted by atomic mass is 10.0. The van der Waals surface area contributed by atoms with Gasteiger partial charge >= 0.3 is 5.97 Å². The minimum Gasteiger partial charge on any atom is -0.480 e. The van der Waals surface area contributed by atoms with Crippen molar-refractivity contribution in [1.82, 2.24) is 10.6 Å². The molecule has 0 radical (unpaired) electrons. The van der Waals surface area contributed by atoms with Crippen LogP contribution < -0.4 is 10.6 Å². The first-order valence-corrected chi connectivity index (χ1v) is 9.31. The predicted molar refractivity (Wildman–Crippen MR) is 105 cm³/mol. The fraction of sp³-hybridized carbons (Fsp3) is 0.526. The molecule has 0 aromatic heterocycles. The van der Waals surface area contributed by atoms with E-state index < -0.39 is 34.6 Å². The van der Waals surface area contributed by atoms with E-state index in [1.807, 2.05) is 13.8 Å². The minimum atomic E-state index is -1.34. The maximum atomic E-state index is 12.9. The Hall–Kier alpha value is -2.13. The van der Waals surface area contributed by atoms with Crippen molar-refractivity contribution < 1.29 is 28.6 Å². The van der Waals surface area contributed by atoms with E-state index in [-0.39, 0.29) is 24.9 Å². The van der Waals surface area contributed by atoms with Crippen molar-refractivity contribution in [2.24, 2.45) is 5.92 Å². The number of amides is 2. The molecule has 0 heterocycles. The zero-order valence-electron chi connectivity index (χ0n) is 16.4. The molecule has 0 unspecified atom stereocenters. The van der Waals surface area contributed by atoms with Crippen molar-refractivity contribution in [3.05, 3.63) is 35.6 Å². The number of aliphatic carboxylic acids is 1. The molecule has 1 rings (SSSR count). The van der Waals surface area contributed by atoms with Gasteiger partial charge in [0.15, 0.2) is 6.04 Å². The molecular weight excluding hydrogens is 387 g/mol. The summed E-state index contributed by atoms with van der Waals surface area (Å²) >= 11 is 4.21. The largest absolute Gasteiger partial charge is 0.480 e. The Morgan fingerprint density at radius 2 is 1.79 bits per heavy atom. The summed E-state index contributed by atoms with van der Waals surface area (Å²) in [6.07, 6.45) is 0. The number of carbonyl (C=O) groups is 3. The SMILES string of the molecule is CC(C)[C@@H](S)C(=O)NC(C)(C)C(=O)N[C@@H](COCc1ccc(F)cc1)C(=O)O. The summed E-state index contributed by atoms with van der Waals surface area (Å²) in [5.41, 5.74) is -0.671. The summed E-state index contributed by atoms with van der Waals surface area (Å²) in [5.74, 6) is -2.77. The average molecular weight is 414 g/mol. The van der Waals surface area contributed by atoms with Crippen LogP contribution in [0.25, 0.3) is 0 Å². The van der Waals surface area contributed by atoms with Crippen LogP contribution >= 0.6 is 12.6 Å².